The average molecular weight is 318 g/mol. The van der Waals surface area contributed by atoms with Gasteiger partial charge in [-0.3, -0.25) is 0 Å². The highest BCUT2D eigenvalue weighted by Gasteiger charge is 2.04. The molecule has 0 radical (unpaired) electrons. The monoisotopic (exact) mass is 317 g/mol. The molecular formula is C14H9Cl2N5. The van der Waals surface area contributed by atoms with Crippen LogP contribution in [0, 0.1) is 0 Å². The van der Waals surface area contributed by atoms with E-state index in [0.717, 1.165) is 16.9 Å². The Balaban J connectivity index is 1.90. The number of pyridine rings is 2. The van der Waals surface area contributed by atoms with Crippen LogP contribution in [0.3, 0.4) is 0 Å². The Hall–Kier alpha value is -2.24. The maximum Gasteiger partial charge on any atom is 0.227 e. The molecule has 3 aromatic rings. The Morgan fingerprint density at radius 3 is 2.29 bits per heavy atom. The lowest BCUT2D eigenvalue weighted by molar-refractivity contribution is 1.16. The van der Waals surface area contributed by atoms with Gasteiger partial charge >= 0.3 is 0 Å². The Kier molecular flexibility index (Phi) is 3.94. The topological polar surface area (TPSA) is 63.6 Å². The van der Waals surface area contributed by atoms with Gasteiger partial charge in [0.05, 0.1) is 5.69 Å². The Bertz CT molecular complexity index is 779. The molecule has 3 aromatic heterocycles. The quantitative estimate of drug-likeness (QED) is 0.740. The maximum atomic E-state index is 5.89. The van der Waals surface area contributed by atoms with Gasteiger partial charge in [-0.2, -0.15) is 0 Å². The van der Waals surface area contributed by atoms with Crippen molar-refractivity contribution < 1.29 is 0 Å². The van der Waals surface area contributed by atoms with Crippen LogP contribution in [0.1, 0.15) is 0 Å². The van der Waals surface area contributed by atoms with E-state index in [-0.39, 0.29) is 0 Å². The average Bonchev–Trinajstić information content (AvgIpc) is 2.47. The lowest BCUT2D eigenvalue weighted by Crippen LogP contribution is -1.98. The van der Waals surface area contributed by atoms with Crippen LogP contribution in [0.5, 0.6) is 0 Å². The normalized spacial score (nSPS) is 10.4. The Morgan fingerprint density at radius 1 is 0.810 bits per heavy atom. The molecular weight excluding hydrogens is 309 g/mol. The molecule has 0 amide bonds. The van der Waals surface area contributed by atoms with Crippen LogP contribution in [0.2, 0.25) is 10.3 Å². The van der Waals surface area contributed by atoms with Crippen molar-refractivity contribution in [1.82, 2.24) is 19.9 Å². The van der Waals surface area contributed by atoms with Gasteiger partial charge in [-0.15, -0.1) is 0 Å². The van der Waals surface area contributed by atoms with Crippen LogP contribution in [-0.4, -0.2) is 19.9 Å². The smallest absolute Gasteiger partial charge is 0.227 e. The summed E-state index contributed by atoms with van der Waals surface area (Å²) in [6.07, 6.45) is 4.91. The van der Waals surface area contributed by atoms with Crippen LogP contribution in [-0.2, 0) is 0 Å². The molecule has 1 N–H and O–H groups in total. The number of hydrogen-bond donors (Lipinski definition) is 1. The summed E-state index contributed by atoms with van der Waals surface area (Å²) in [5.74, 6) is 0.461. The van der Waals surface area contributed by atoms with Crippen molar-refractivity contribution in [2.45, 2.75) is 0 Å². The molecule has 0 aliphatic rings. The van der Waals surface area contributed by atoms with Crippen molar-refractivity contribution in [2.75, 3.05) is 5.32 Å². The fourth-order valence-electron chi connectivity index (χ4n) is 1.75. The van der Waals surface area contributed by atoms with E-state index in [1.54, 1.807) is 42.9 Å². The van der Waals surface area contributed by atoms with Gasteiger partial charge in [-0.25, -0.2) is 19.9 Å². The highest BCUT2D eigenvalue weighted by atomic mass is 35.5. The van der Waals surface area contributed by atoms with E-state index >= 15 is 0 Å². The van der Waals surface area contributed by atoms with E-state index in [1.807, 2.05) is 6.07 Å². The Morgan fingerprint density at radius 2 is 1.52 bits per heavy atom. The van der Waals surface area contributed by atoms with Gasteiger partial charge in [-0.1, -0.05) is 23.2 Å². The van der Waals surface area contributed by atoms with Gasteiger partial charge < -0.3 is 5.32 Å². The van der Waals surface area contributed by atoms with Crippen LogP contribution >= 0.6 is 23.2 Å². The third kappa shape index (κ3) is 3.45. The van der Waals surface area contributed by atoms with Crippen LogP contribution in [0.15, 0.2) is 48.9 Å². The number of hydrogen-bond acceptors (Lipinski definition) is 5. The summed E-state index contributed by atoms with van der Waals surface area (Å²) in [5.41, 5.74) is 2.38. The van der Waals surface area contributed by atoms with Gasteiger partial charge in [0.2, 0.25) is 5.95 Å². The molecule has 0 unspecified atom stereocenters. The predicted octanol–water partition coefficient (Wildman–Crippen LogP) is 3.98. The first-order chi connectivity index (χ1) is 10.2. The number of anilines is 2. The Labute approximate surface area is 131 Å². The van der Waals surface area contributed by atoms with E-state index in [4.69, 9.17) is 23.2 Å². The summed E-state index contributed by atoms with van der Waals surface area (Å²) >= 11 is 11.7. The fraction of sp³-hybridized carbons (Fsp3) is 0. The van der Waals surface area contributed by atoms with Crippen molar-refractivity contribution in [3.05, 3.63) is 59.2 Å². The number of nitrogens with one attached hydrogen (secondary N) is 1. The summed E-state index contributed by atoms with van der Waals surface area (Å²) < 4.78 is 0. The third-order valence-electron chi connectivity index (χ3n) is 2.66. The molecule has 0 spiro atoms. The van der Waals surface area contributed by atoms with Crippen molar-refractivity contribution in [3.8, 4) is 11.3 Å². The molecule has 104 valence electrons. The molecule has 0 fully saturated rings. The maximum absolute atomic E-state index is 5.89. The zero-order chi connectivity index (χ0) is 14.7. The second kappa shape index (κ2) is 6.03. The van der Waals surface area contributed by atoms with Gasteiger partial charge in [0, 0.05) is 29.8 Å². The zero-order valence-corrected chi connectivity index (χ0v) is 12.2. The number of rotatable bonds is 3. The fourth-order valence-corrected chi connectivity index (χ4v) is 2.10. The van der Waals surface area contributed by atoms with Crippen molar-refractivity contribution in [3.63, 3.8) is 0 Å². The molecule has 3 heterocycles. The number of aromatic nitrogens is 4. The first kappa shape index (κ1) is 13.7. The van der Waals surface area contributed by atoms with E-state index in [2.05, 4.69) is 25.3 Å². The molecule has 0 aromatic carbocycles. The van der Waals surface area contributed by atoms with Gasteiger partial charge in [0.15, 0.2) is 0 Å². The second-order valence-electron chi connectivity index (χ2n) is 4.12. The predicted molar refractivity (Wildman–Crippen MR) is 82.8 cm³/mol. The molecule has 0 saturated heterocycles. The summed E-state index contributed by atoms with van der Waals surface area (Å²) in [7, 11) is 0. The minimum atomic E-state index is 0.400. The van der Waals surface area contributed by atoms with E-state index in [0.29, 0.717) is 16.3 Å². The highest BCUT2D eigenvalue weighted by Crippen LogP contribution is 2.21. The molecule has 3 rings (SSSR count). The summed E-state index contributed by atoms with van der Waals surface area (Å²) in [6.45, 7) is 0. The molecule has 0 bridgehead atoms. The van der Waals surface area contributed by atoms with Gasteiger partial charge in [0.1, 0.15) is 10.3 Å². The van der Waals surface area contributed by atoms with Gasteiger partial charge in [-0.05, 0) is 30.3 Å². The molecule has 21 heavy (non-hydrogen) atoms. The lowest BCUT2D eigenvalue weighted by Gasteiger charge is -2.06. The third-order valence-corrected chi connectivity index (χ3v) is 3.07. The second-order valence-corrected chi connectivity index (χ2v) is 4.90. The minimum Gasteiger partial charge on any atom is -0.324 e. The largest absolute Gasteiger partial charge is 0.324 e. The standard InChI is InChI=1S/C14H9Cl2N5/c15-12-7-9(1-4-17-12)11-3-6-19-14(21-11)20-10-2-5-18-13(16)8-10/h1-8H,(H,18,19,20,21). The number of halogens is 2. The van der Waals surface area contributed by atoms with Crippen molar-refractivity contribution in [1.29, 1.82) is 0 Å². The zero-order valence-electron chi connectivity index (χ0n) is 10.7. The summed E-state index contributed by atoms with van der Waals surface area (Å²) in [5, 5.41) is 3.89. The summed E-state index contributed by atoms with van der Waals surface area (Å²) in [4.78, 5) is 16.5. The molecule has 0 saturated carbocycles. The van der Waals surface area contributed by atoms with E-state index in [9.17, 15) is 0 Å². The minimum absolute atomic E-state index is 0.400. The summed E-state index contributed by atoms with van der Waals surface area (Å²) in [6, 6.07) is 8.86. The molecule has 7 heteroatoms. The molecule has 0 atom stereocenters. The molecule has 0 aliphatic carbocycles. The van der Waals surface area contributed by atoms with E-state index in [1.165, 1.54) is 0 Å². The first-order valence-electron chi connectivity index (χ1n) is 6.04. The van der Waals surface area contributed by atoms with Crippen molar-refractivity contribution >= 4 is 34.8 Å². The van der Waals surface area contributed by atoms with Crippen LogP contribution in [0.4, 0.5) is 11.6 Å². The highest BCUT2D eigenvalue weighted by molar-refractivity contribution is 6.29. The van der Waals surface area contributed by atoms with Crippen molar-refractivity contribution in [2.24, 2.45) is 0 Å². The molecule has 0 aliphatic heterocycles. The first-order valence-corrected chi connectivity index (χ1v) is 6.80. The lowest BCUT2D eigenvalue weighted by atomic mass is 10.2. The van der Waals surface area contributed by atoms with Gasteiger partial charge in [0.25, 0.3) is 0 Å². The SMILES string of the molecule is Clc1cc(Nc2nccc(-c3ccnc(Cl)c3)n2)ccn1. The molecule has 5 nitrogen and oxygen atoms in total. The van der Waals surface area contributed by atoms with Crippen LogP contribution < -0.4 is 5.32 Å². The number of nitrogens with zero attached hydrogens (tertiary/aromatic N) is 4. The van der Waals surface area contributed by atoms with Crippen LogP contribution in [0.25, 0.3) is 11.3 Å². The van der Waals surface area contributed by atoms with E-state index < -0.39 is 0 Å².